The fraction of sp³-hybridized carbons (Fsp3) is 0.462. The molecule has 1 aromatic carbocycles. The molecule has 0 aliphatic heterocycles. The van der Waals surface area contributed by atoms with E-state index in [1.807, 2.05) is 0 Å². The SMILES string of the molecule is COCC(CCBr)NC(=O)c1ccc(OC)c(F)c1. The van der Waals surface area contributed by atoms with Gasteiger partial charge in [-0.15, -0.1) is 0 Å². The monoisotopic (exact) mass is 333 g/mol. The second-order valence-electron chi connectivity index (χ2n) is 3.95. The molecule has 0 aromatic heterocycles. The van der Waals surface area contributed by atoms with Crippen molar-refractivity contribution in [3.05, 3.63) is 29.6 Å². The van der Waals surface area contributed by atoms with Crippen LogP contribution in [0.4, 0.5) is 4.39 Å². The zero-order chi connectivity index (χ0) is 14.3. The Labute approximate surface area is 120 Å². The molecule has 0 bridgehead atoms. The topological polar surface area (TPSA) is 47.6 Å². The van der Waals surface area contributed by atoms with Crippen molar-refractivity contribution in [2.24, 2.45) is 0 Å². The van der Waals surface area contributed by atoms with Gasteiger partial charge in [-0.2, -0.15) is 0 Å². The fourth-order valence-corrected chi connectivity index (χ4v) is 2.16. The highest BCUT2D eigenvalue weighted by atomic mass is 79.9. The molecule has 0 aliphatic rings. The van der Waals surface area contributed by atoms with Crippen molar-refractivity contribution in [1.29, 1.82) is 0 Å². The van der Waals surface area contributed by atoms with Crippen LogP contribution in [0.25, 0.3) is 0 Å². The minimum Gasteiger partial charge on any atom is -0.494 e. The number of alkyl halides is 1. The quantitative estimate of drug-likeness (QED) is 0.779. The Morgan fingerprint density at radius 2 is 2.21 bits per heavy atom. The summed E-state index contributed by atoms with van der Waals surface area (Å²) in [6.45, 7) is 0.413. The molecule has 19 heavy (non-hydrogen) atoms. The Hall–Kier alpha value is -1.14. The molecule has 0 radical (unpaired) electrons. The predicted molar refractivity (Wildman–Crippen MR) is 74.5 cm³/mol. The lowest BCUT2D eigenvalue weighted by Crippen LogP contribution is -2.38. The number of rotatable bonds is 7. The van der Waals surface area contributed by atoms with Gasteiger partial charge >= 0.3 is 0 Å². The maximum atomic E-state index is 13.5. The van der Waals surface area contributed by atoms with Crippen LogP contribution in [0, 0.1) is 5.82 Å². The van der Waals surface area contributed by atoms with Crippen LogP contribution in [0.5, 0.6) is 5.75 Å². The lowest BCUT2D eigenvalue weighted by Gasteiger charge is -2.17. The maximum absolute atomic E-state index is 13.5. The molecule has 106 valence electrons. The van der Waals surface area contributed by atoms with Crippen molar-refractivity contribution in [3.8, 4) is 5.75 Å². The van der Waals surface area contributed by atoms with Crippen LogP contribution in [0.1, 0.15) is 16.8 Å². The Bertz CT molecular complexity index is 422. The molecule has 1 atom stereocenters. The summed E-state index contributed by atoms with van der Waals surface area (Å²) < 4.78 is 23.3. The molecule has 0 fully saturated rings. The molecule has 4 nitrogen and oxygen atoms in total. The number of halogens is 2. The molecular weight excluding hydrogens is 317 g/mol. The first-order chi connectivity index (χ1) is 9.12. The highest BCUT2D eigenvalue weighted by Gasteiger charge is 2.15. The Balaban J connectivity index is 2.73. The van der Waals surface area contributed by atoms with Gasteiger partial charge in [-0.25, -0.2) is 4.39 Å². The number of ether oxygens (including phenoxy) is 2. The molecule has 0 saturated carbocycles. The van der Waals surface area contributed by atoms with Gasteiger partial charge in [-0.1, -0.05) is 15.9 Å². The molecule has 0 spiro atoms. The summed E-state index contributed by atoms with van der Waals surface area (Å²) >= 11 is 3.31. The minimum atomic E-state index is -0.557. The molecule has 0 saturated heterocycles. The smallest absolute Gasteiger partial charge is 0.251 e. The molecule has 1 aromatic rings. The number of hydrogen-bond donors (Lipinski definition) is 1. The van der Waals surface area contributed by atoms with Crippen LogP contribution >= 0.6 is 15.9 Å². The van der Waals surface area contributed by atoms with Crippen molar-refractivity contribution in [1.82, 2.24) is 5.32 Å². The average molecular weight is 334 g/mol. The van der Waals surface area contributed by atoms with Crippen molar-refractivity contribution in [2.75, 3.05) is 26.2 Å². The zero-order valence-electron chi connectivity index (χ0n) is 10.9. The molecule has 1 unspecified atom stereocenters. The standard InChI is InChI=1S/C13H17BrFNO3/c1-18-8-10(5-6-14)16-13(17)9-3-4-12(19-2)11(15)7-9/h3-4,7,10H,5-6,8H2,1-2H3,(H,16,17). The molecule has 0 aliphatic carbocycles. The number of nitrogens with one attached hydrogen (secondary N) is 1. The summed E-state index contributed by atoms with van der Waals surface area (Å²) in [6, 6.07) is 4.00. The second kappa shape index (κ2) is 8.12. The fourth-order valence-electron chi connectivity index (χ4n) is 1.61. The summed E-state index contributed by atoms with van der Waals surface area (Å²) in [5, 5.41) is 3.55. The summed E-state index contributed by atoms with van der Waals surface area (Å²) in [7, 11) is 2.95. The zero-order valence-corrected chi connectivity index (χ0v) is 12.5. The normalized spacial score (nSPS) is 12.0. The van der Waals surface area contributed by atoms with Crippen LogP contribution in [-0.4, -0.2) is 38.1 Å². The van der Waals surface area contributed by atoms with Crippen LogP contribution in [0.3, 0.4) is 0 Å². The molecule has 1 amide bonds. The third kappa shape index (κ3) is 4.80. The first-order valence-electron chi connectivity index (χ1n) is 5.81. The van der Waals surface area contributed by atoms with Gasteiger partial charge in [0.2, 0.25) is 0 Å². The van der Waals surface area contributed by atoms with Crippen molar-refractivity contribution < 1.29 is 18.7 Å². The van der Waals surface area contributed by atoms with Gasteiger partial charge in [0.25, 0.3) is 5.91 Å². The molecule has 1 rings (SSSR count). The van der Waals surface area contributed by atoms with Gasteiger partial charge in [-0.3, -0.25) is 4.79 Å². The highest BCUT2D eigenvalue weighted by molar-refractivity contribution is 9.09. The highest BCUT2D eigenvalue weighted by Crippen LogP contribution is 2.17. The van der Waals surface area contributed by atoms with Crippen LogP contribution in [0.15, 0.2) is 18.2 Å². The average Bonchev–Trinajstić information content (AvgIpc) is 2.39. The van der Waals surface area contributed by atoms with Crippen LogP contribution < -0.4 is 10.1 Å². The molecule has 0 heterocycles. The van der Waals surface area contributed by atoms with E-state index in [-0.39, 0.29) is 23.3 Å². The number of methoxy groups -OCH3 is 2. The van der Waals surface area contributed by atoms with Gasteiger partial charge in [0, 0.05) is 18.0 Å². The Morgan fingerprint density at radius 1 is 1.47 bits per heavy atom. The van der Waals surface area contributed by atoms with E-state index in [4.69, 9.17) is 9.47 Å². The first kappa shape index (κ1) is 15.9. The lowest BCUT2D eigenvalue weighted by molar-refractivity contribution is 0.0895. The van der Waals surface area contributed by atoms with E-state index in [1.165, 1.54) is 19.2 Å². The van der Waals surface area contributed by atoms with E-state index in [0.717, 1.165) is 17.8 Å². The first-order valence-corrected chi connectivity index (χ1v) is 6.93. The maximum Gasteiger partial charge on any atom is 0.251 e. The van der Waals surface area contributed by atoms with Gasteiger partial charge < -0.3 is 14.8 Å². The Kier molecular flexibility index (Phi) is 6.80. The summed E-state index contributed by atoms with van der Waals surface area (Å²) in [5.41, 5.74) is 0.258. The van der Waals surface area contributed by atoms with Gasteiger partial charge in [0.1, 0.15) is 0 Å². The van der Waals surface area contributed by atoms with E-state index >= 15 is 0 Å². The molecule has 6 heteroatoms. The lowest BCUT2D eigenvalue weighted by atomic mass is 10.1. The van der Waals surface area contributed by atoms with Gasteiger partial charge in [-0.05, 0) is 24.6 Å². The number of carbonyl (C=O) groups is 1. The largest absolute Gasteiger partial charge is 0.494 e. The van der Waals surface area contributed by atoms with Crippen molar-refractivity contribution in [3.63, 3.8) is 0 Å². The number of amides is 1. The Morgan fingerprint density at radius 3 is 2.74 bits per heavy atom. The van der Waals surface area contributed by atoms with E-state index in [1.54, 1.807) is 7.11 Å². The summed E-state index contributed by atoms with van der Waals surface area (Å²) in [6.07, 6.45) is 0.734. The van der Waals surface area contributed by atoms with Crippen LogP contribution in [0.2, 0.25) is 0 Å². The third-order valence-electron chi connectivity index (χ3n) is 2.57. The molecule has 1 N–H and O–H groups in total. The number of hydrogen-bond acceptors (Lipinski definition) is 3. The third-order valence-corrected chi connectivity index (χ3v) is 3.03. The summed E-state index contributed by atoms with van der Waals surface area (Å²) in [5.74, 6) is -0.770. The van der Waals surface area contributed by atoms with Crippen LogP contribution in [-0.2, 0) is 4.74 Å². The van der Waals surface area contributed by atoms with Crippen molar-refractivity contribution >= 4 is 21.8 Å². The summed E-state index contributed by atoms with van der Waals surface area (Å²) in [4.78, 5) is 12.0. The molecular formula is C13H17BrFNO3. The van der Waals surface area contributed by atoms with E-state index in [2.05, 4.69) is 21.2 Å². The van der Waals surface area contributed by atoms with Gasteiger partial charge in [0.05, 0.1) is 19.8 Å². The van der Waals surface area contributed by atoms with Crippen molar-refractivity contribution in [2.45, 2.75) is 12.5 Å². The number of carbonyl (C=O) groups excluding carboxylic acids is 1. The van der Waals surface area contributed by atoms with E-state index < -0.39 is 5.82 Å². The van der Waals surface area contributed by atoms with E-state index in [9.17, 15) is 9.18 Å². The minimum absolute atomic E-state index is 0.109. The predicted octanol–water partition coefficient (Wildman–Crippen LogP) is 2.36. The van der Waals surface area contributed by atoms with Gasteiger partial charge in [0.15, 0.2) is 11.6 Å². The second-order valence-corrected chi connectivity index (χ2v) is 4.75. The van der Waals surface area contributed by atoms with E-state index in [0.29, 0.717) is 6.61 Å². The number of benzene rings is 1.